The first-order chi connectivity index (χ1) is 12.2. The first-order valence-electron chi connectivity index (χ1n) is 7.92. The Bertz CT molecular complexity index is 834. The quantitative estimate of drug-likeness (QED) is 0.712. The maximum Gasteiger partial charge on any atom is 0.321 e. The molecule has 0 aliphatic heterocycles. The highest BCUT2D eigenvalue weighted by Crippen LogP contribution is 2.10. The molecule has 0 aliphatic rings. The highest BCUT2D eigenvalue weighted by molar-refractivity contribution is 6.30. The molecule has 25 heavy (non-hydrogen) atoms. The highest BCUT2D eigenvalue weighted by atomic mass is 35.5. The molecule has 0 aliphatic carbocycles. The summed E-state index contributed by atoms with van der Waals surface area (Å²) >= 11 is 5.94. The Hall–Kier alpha value is -2.86. The van der Waals surface area contributed by atoms with E-state index in [4.69, 9.17) is 11.6 Å². The Labute approximate surface area is 150 Å². The van der Waals surface area contributed by atoms with Crippen LogP contribution in [0.3, 0.4) is 0 Å². The third-order valence-electron chi connectivity index (χ3n) is 3.54. The lowest BCUT2D eigenvalue weighted by atomic mass is 10.1. The Kier molecular flexibility index (Phi) is 5.64. The van der Waals surface area contributed by atoms with Gasteiger partial charge in [0.05, 0.1) is 6.54 Å². The number of hydrogen-bond donors (Lipinski definition) is 2. The van der Waals surface area contributed by atoms with Crippen molar-refractivity contribution in [3.8, 4) is 0 Å². The van der Waals surface area contributed by atoms with Crippen LogP contribution in [-0.4, -0.2) is 27.3 Å². The second-order valence-corrected chi connectivity index (χ2v) is 5.95. The minimum atomic E-state index is -0.334. The molecule has 6 nitrogen and oxygen atoms in total. The predicted molar refractivity (Wildman–Crippen MR) is 97.7 cm³/mol. The van der Waals surface area contributed by atoms with Crippen molar-refractivity contribution in [2.45, 2.75) is 13.0 Å². The molecule has 128 valence electrons. The van der Waals surface area contributed by atoms with Gasteiger partial charge in [0.25, 0.3) is 0 Å². The fourth-order valence-corrected chi connectivity index (χ4v) is 2.57. The Morgan fingerprint density at radius 2 is 1.88 bits per heavy atom. The molecule has 3 aromatic rings. The normalized spacial score (nSPS) is 10.4. The minimum Gasteiger partial charge on any atom is -0.337 e. The zero-order valence-corrected chi connectivity index (χ0v) is 14.3. The van der Waals surface area contributed by atoms with Gasteiger partial charge in [-0.3, -0.25) is 5.32 Å². The van der Waals surface area contributed by atoms with Gasteiger partial charge in [-0.1, -0.05) is 54.1 Å². The lowest BCUT2D eigenvalue weighted by molar-refractivity contribution is 0.252. The fourth-order valence-electron chi connectivity index (χ4n) is 2.36. The molecule has 0 saturated heterocycles. The van der Waals surface area contributed by atoms with Crippen LogP contribution in [0.1, 0.15) is 11.1 Å². The summed E-state index contributed by atoms with van der Waals surface area (Å²) in [5.41, 5.74) is 2.18. The molecule has 0 radical (unpaired) electrons. The maximum atomic E-state index is 11.9. The number of halogens is 1. The van der Waals surface area contributed by atoms with Crippen LogP contribution in [0.4, 0.5) is 10.7 Å². The van der Waals surface area contributed by atoms with Crippen LogP contribution in [-0.2, 0) is 13.0 Å². The Balaban J connectivity index is 1.45. The molecule has 0 saturated carbocycles. The number of carbonyl (C=O) groups excluding carboxylic acids is 1. The van der Waals surface area contributed by atoms with Gasteiger partial charge >= 0.3 is 6.03 Å². The molecule has 0 spiro atoms. The average molecular weight is 356 g/mol. The van der Waals surface area contributed by atoms with Gasteiger partial charge in [0.2, 0.25) is 5.95 Å². The summed E-state index contributed by atoms with van der Waals surface area (Å²) < 4.78 is 1.68. The molecular weight excluding hydrogens is 338 g/mol. The lowest BCUT2D eigenvalue weighted by Gasteiger charge is -2.05. The van der Waals surface area contributed by atoms with Crippen molar-refractivity contribution in [1.29, 1.82) is 0 Å². The van der Waals surface area contributed by atoms with Crippen molar-refractivity contribution in [1.82, 2.24) is 20.1 Å². The summed E-state index contributed by atoms with van der Waals surface area (Å²) in [6.45, 7) is 1.10. The van der Waals surface area contributed by atoms with E-state index in [9.17, 15) is 4.79 Å². The largest absolute Gasteiger partial charge is 0.337 e. The minimum absolute atomic E-state index is 0.274. The van der Waals surface area contributed by atoms with Crippen LogP contribution in [0, 0.1) is 0 Å². The molecule has 0 atom stereocenters. The van der Waals surface area contributed by atoms with Gasteiger partial charge in [-0.15, -0.1) is 5.10 Å². The zero-order chi connectivity index (χ0) is 17.5. The van der Waals surface area contributed by atoms with Crippen molar-refractivity contribution in [3.05, 3.63) is 77.1 Å². The van der Waals surface area contributed by atoms with E-state index in [2.05, 4.69) is 20.7 Å². The van der Waals surface area contributed by atoms with Gasteiger partial charge < -0.3 is 5.32 Å². The molecule has 2 N–H and O–H groups in total. The van der Waals surface area contributed by atoms with Gasteiger partial charge in [-0.25, -0.2) is 14.5 Å². The molecule has 0 unspecified atom stereocenters. The van der Waals surface area contributed by atoms with Gasteiger partial charge in [0.1, 0.15) is 6.33 Å². The molecule has 0 fully saturated rings. The monoisotopic (exact) mass is 355 g/mol. The van der Waals surface area contributed by atoms with Gasteiger partial charge in [-0.05, 0) is 29.7 Å². The Morgan fingerprint density at radius 3 is 2.68 bits per heavy atom. The van der Waals surface area contributed by atoms with Crippen LogP contribution in [0.2, 0.25) is 5.02 Å². The number of urea groups is 1. The third-order valence-corrected chi connectivity index (χ3v) is 3.77. The number of benzene rings is 2. The lowest BCUT2D eigenvalue weighted by Crippen LogP contribution is -2.30. The summed E-state index contributed by atoms with van der Waals surface area (Å²) in [7, 11) is 0. The van der Waals surface area contributed by atoms with Crippen molar-refractivity contribution in [3.63, 3.8) is 0 Å². The molecule has 2 amide bonds. The van der Waals surface area contributed by atoms with Crippen LogP contribution in [0.25, 0.3) is 0 Å². The van der Waals surface area contributed by atoms with E-state index >= 15 is 0 Å². The number of anilines is 1. The number of amides is 2. The standard InChI is InChI=1S/C18H18ClN5O/c19-16-8-4-7-14(11-16)9-10-20-18(25)22-17-21-13-24(23-17)12-15-5-2-1-3-6-15/h1-8,11,13H,9-10,12H2,(H2,20,22,23,25). The number of carbonyl (C=O) groups is 1. The van der Waals surface area contributed by atoms with E-state index in [1.807, 2.05) is 54.6 Å². The van der Waals surface area contributed by atoms with Crippen LogP contribution < -0.4 is 10.6 Å². The molecule has 1 heterocycles. The van der Waals surface area contributed by atoms with Crippen LogP contribution in [0.15, 0.2) is 60.9 Å². The van der Waals surface area contributed by atoms with E-state index < -0.39 is 0 Å². The van der Waals surface area contributed by atoms with Crippen molar-refractivity contribution in [2.24, 2.45) is 0 Å². The van der Waals surface area contributed by atoms with Gasteiger partial charge in [-0.2, -0.15) is 0 Å². The smallest absolute Gasteiger partial charge is 0.321 e. The van der Waals surface area contributed by atoms with Gasteiger partial charge in [0, 0.05) is 11.6 Å². The van der Waals surface area contributed by atoms with E-state index in [0.717, 1.165) is 11.1 Å². The summed E-state index contributed by atoms with van der Waals surface area (Å²) in [5.74, 6) is 0.274. The first kappa shape index (κ1) is 17.0. The number of nitrogens with zero attached hydrogens (tertiary/aromatic N) is 3. The molecule has 3 rings (SSSR count). The number of rotatable bonds is 6. The van der Waals surface area contributed by atoms with Crippen molar-refractivity contribution < 1.29 is 4.79 Å². The molecule has 1 aromatic heterocycles. The maximum absolute atomic E-state index is 11.9. The molecule has 0 bridgehead atoms. The topological polar surface area (TPSA) is 71.8 Å². The molecule has 2 aromatic carbocycles. The third kappa shape index (κ3) is 5.32. The Morgan fingerprint density at radius 1 is 1.08 bits per heavy atom. The van der Waals surface area contributed by atoms with Gasteiger partial charge in [0.15, 0.2) is 0 Å². The molecule has 7 heteroatoms. The summed E-state index contributed by atoms with van der Waals surface area (Å²) in [6, 6.07) is 17.2. The van der Waals surface area contributed by atoms with Crippen molar-refractivity contribution in [2.75, 3.05) is 11.9 Å². The zero-order valence-electron chi connectivity index (χ0n) is 13.5. The van der Waals surface area contributed by atoms with Crippen LogP contribution >= 0.6 is 11.6 Å². The molecular formula is C18H18ClN5O. The second kappa shape index (κ2) is 8.30. The van der Waals surface area contributed by atoms with E-state index in [-0.39, 0.29) is 12.0 Å². The summed E-state index contributed by atoms with van der Waals surface area (Å²) in [4.78, 5) is 16.0. The fraction of sp³-hybridized carbons (Fsp3) is 0.167. The van der Waals surface area contributed by atoms with E-state index in [1.165, 1.54) is 0 Å². The van der Waals surface area contributed by atoms with Crippen LogP contribution in [0.5, 0.6) is 0 Å². The predicted octanol–water partition coefficient (Wildman–Crippen LogP) is 3.34. The summed E-state index contributed by atoms with van der Waals surface area (Å²) in [6.07, 6.45) is 2.29. The SMILES string of the molecule is O=C(NCCc1cccc(Cl)c1)Nc1ncn(Cc2ccccc2)n1. The number of aromatic nitrogens is 3. The summed E-state index contributed by atoms with van der Waals surface area (Å²) in [5, 5.41) is 10.3. The first-order valence-corrected chi connectivity index (χ1v) is 8.29. The number of hydrogen-bond acceptors (Lipinski definition) is 3. The average Bonchev–Trinajstić information content (AvgIpc) is 3.02. The van der Waals surface area contributed by atoms with E-state index in [0.29, 0.717) is 24.5 Å². The number of nitrogens with one attached hydrogen (secondary N) is 2. The van der Waals surface area contributed by atoms with Crippen molar-refractivity contribution >= 4 is 23.6 Å². The highest BCUT2D eigenvalue weighted by Gasteiger charge is 2.06. The van der Waals surface area contributed by atoms with E-state index in [1.54, 1.807) is 11.0 Å². The second-order valence-electron chi connectivity index (χ2n) is 5.51.